The first kappa shape index (κ1) is 29.6. The van der Waals surface area contributed by atoms with Crippen molar-refractivity contribution in [1.29, 1.82) is 0 Å². The molecule has 3 aromatic rings. The molecule has 0 aliphatic carbocycles. The van der Waals surface area contributed by atoms with E-state index in [0.29, 0.717) is 30.5 Å². The van der Waals surface area contributed by atoms with Crippen LogP contribution in [0.5, 0.6) is 0 Å². The number of hydrogen-bond donors (Lipinski definition) is 3. The Morgan fingerprint density at radius 1 is 0.821 bits per heavy atom. The topological polar surface area (TPSA) is 87.3 Å². The summed E-state index contributed by atoms with van der Waals surface area (Å²) in [7, 11) is 0. The highest BCUT2D eigenvalue weighted by atomic mass is 19.4. The summed E-state index contributed by atoms with van der Waals surface area (Å²) >= 11 is 0. The normalized spacial score (nSPS) is 12.0. The Morgan fingerprint density at radius 2 is 1.49 bits per heavy atom. The van der Waals surface area contributed by atoms with Gasteiger partial charge in [-0.2, -0.15) is 13.2 Å². The first-order chi connectivity index (χ1) is 18.7. The number of aryl methyl sites for hydroxylation is 1. The third-order valence-electron chi connectivity index (χ3n) is 6.06. The minimum Gasteiger partial charge on any atom is -0.352 e. The molecule has 0 bridgehead atoms. The number of benzene rings is 3. The van der Waals surface area contributed by atoms with Crippen LogP contribution in [-0.2, 0) is 23.9 Å². The van der Waals surface area contributed by atoms with Gasteiger partial charge in [-0.1, -0.05) is 61.5 Å². The Balaban J connectivity index is 1.67. The lowest BCUT2D eigenvalue weighted by molar-refractivity contribution is -0.137. The van der Waals surface area contributed by atoms with Crippen molar-refractivity contribution in [2.75, 3.05) is 13.1 Å². The number of carbonyl (C=O) groups is 3. The van der Waals surface area contributed by atoms with Crippen LogP contribution < -0.4 is 16.0 Å². The lowest BCUT2D eigenvalue weighted by atomic mass is 10.0. The lowest BCUT2D eigenvalue weighted by Gasteiger charge is -2.19. The maximum absolute atomic E-state index is 13.1. The average Bonchev–Trinajstić information content (AvgIpc) is 2.94. The number of rotatable bonds is 13. The van der Waals surface area contributed by atoms with Crippen LogP contribution in [0.3, 0.4) is 0 Å². The van der Waals surface area contributed by atoms with Crippen molar-refractivity contribution in [3.05, 3.63) is 107 Å². The largest absolute Gasteiger partial charge is 0.416 e. The third-order valence-corrected chi connectivity index (χ3v) is 6.06. The third kappa shape index (κ3) is 9.37. The van der Waals surface area contributed by atoms with Crippen molar-refractivity contribution in [1.82, 2.24) is 16.0 Å². The zero-order valence-electron chi connectivity index (χ0n) is 21.7. The standard InChI is InChI=1S/C30H32F3N3O3/c1-2-16-35-28(38)23-11-7-12-24(18-23)29(39)36-26(15-14-21-8-4-3-5-9-21)27(37)20-34-19-22-10-6-13-25(17-22)30(31,32)33/h3-13,17-18,26,34H,2,14-16,19-20H2,1H3,(H,35,38)(H,36,39)/t26-/m0/s1. The molecule has 1 atom stereocenters. The molecule has 39 heavy (non-hydrogen) atoms. The van der Waals surface area contributed by atoms with E-state index in [1.807, 2.05) is 37.3 Å². The van der Waals surface area contributed by atoms with Crippen molar-refractivity contribution in [2.45, 2.75) is 44.9 Å². The summed E-state index contributed by atoms with van der Waals surface area (Å²) in [5, 5.41) is 8.44. The Bertz CT molecular complexity index is 1260. The molecule has 9 heteroatoms. The van der Waals surface area contributed by atoms with E-state index < -0.39 is 23.7 Å². The van der Waals surface area contributed by atoms with E-state index in [4.69, 9.17) is 0 Å². The van der Waals surface area contributed by atoms with E-state index in [1.165, 1.54) is 12.1 Å². The van der Waals surface area contributed by atoms with E-state index in [0.717, 1.165) is 24.1 Å². The second-order valence-electron chi connectivity index (χ2n) is 9.16. The molecule has 3 rings (SSSR count). The number of halogens is 3. The number of hydrogen-bond acceptors (Lipinski definition) is 4. The molecular formula is C30H32F3N3O3. The van der Waals surface area contributed by atoms with Gasteiger partial charge in [0.2, 0.25) is 0 Å². The molecule has 6 nitrogen and oxygen atoms in total. The molecule has 0 aliphatic heterocycles. The van der Waals surface area contributed by atoms with Gasteiger partial charge in [0.15, 0.2) is 5.78 Å². The molecule has 2 amide bonds. The number of Topliss-reactive ketones (excluding diaryl/α,β-unsaturated/α-hetero) is 1. The fraction of sp³-hybridized carbons (Fsp3) is 0.300. The molecule has 0 saturated heterocycles. The molecule has 0 fully saturated rings. The van der Waals surface area contributed by atoms with E-state index in [-0.39, 0.29) is 30.3 Å². The minimum atomic E-state index is -4.45. The summed E-state index contributed by atoms with van der Waals surface area (Å²) in [6, 6.07) is 19.8. The van der Waals surface area contributed by atoms with Gasteiger partial charge >= 0.3 is 6.18 Å². The zero-order chi connectivity index (χ0) is 28.3. The van der Waals surface area contributed by atoms with Crippen molar-refractivity contribution < 1.29 is 27.6 Å². The Hall–Kier alpha value is -3.98. The maximum atomic E-state index is 13.1. The lowest BCUT2D eigenvalue weighted by Crippen LogP contribution is -2.44. The average molecular weight is 540 g/mol. The Kier molecular flexibility index (Phi) is 10.8. The summed E-state index contributed by atoms with van der Waals surface area (Å²) < 4.78 is 39.0. The monoisotopic (exact) mass is 539 g/mol. The van der Waals surface area contributed by atoms with Crippen LogP contribution in [-0.4, -0.2) is 36.7 Å². The number of nitrogens with one attached hydrogen (secondary N) is 3. The first-order valence-corrected chi connectivity index (χ1v) is 12.8. The molecular weight excluding hydrogens is 507 g/mol. The highest BCUT2D eigenvalue weighted by Gasteiger charge is 2.30. The highest BCUT2D eigenvalue weighted by Crippen LogP contribution is 2.29. The van der Waals surface area contributed by atoms with Crippen LogP contribution in [0.4, 0.5) is 13.2 Å². The van der Waals surface area contributed by atoms with Gasteiger partial charge in [-0.25, -0.2) is 0 Å². The number of alkyl halides is 3. The fourth-order valence-electron chi connectivity index (χ4n) is 3.96. The Morgan fingerprint density at radius 3 is 2.18 bits per heavy atom. The number of carbonyl (C=O) groups excluding carboxylic acids is 3. The van der Waals surface area contributed by atoms with Gasteiger partial charge in [0.25, 0.3) is 11.8 Å². The van der Waals surface area contributed by atoms with Crippen LogP contribution in [0.2, 0.25) is 0 Å². The molecule has 3 N–H and O–H groups in total. The fourth-order valence-corrected chi connectivity index (χ4v) is 3.96. The van der Waals surface area contributed by atoms with Crippen LogP contribution in [0, 0.1) is 0 Å². The molecule has 0 heterocycles. The van der Waals surface area contributed by atoms with Crippen molar-refractivity contribution in [3.63, 3.8) is 0 Å². The summed E-state index contributed by atoms with van der Waals surface area (Å²) in [5.41, 5.74) is 1.21. The number of ketones is 1. The van der Waals surface area contributed by atoms with E-state index in [1.54, 1.807) is 24.3 Å². The highest BCUT2D eigenvalue weighted by molar-refractivity contribution is 6.01. The zero-order valence-corrected chi connectivity index (χ0v) is 21.7. The van der Waals surface area contributed by atoms with Gasteiger partial charge in [-0.05, 0) is 54.7 Å². The van der Waals surface area contributed by atoms with Gasteiger partial charge < -0.3 is 16.0 Å². The summed E-state index contributed by atoms with van der Waals surface area (Å²) in [6.45, 7) is 2.36. The van der Waals surface area contributed by atoms with Gasteiger partial charge in [-0.15, -0.1) is 0 Å². The van der Waals surface area contributed by atoms with Crippen molar-refractivity contribution >= 4 is 17.6 Å². The molecule has 0 aliphatic rings. The SMILES string of the molecule is CCCNC(=O)c1cccc(C(=O)N[C@@H](CCc2ccccc2)C(=O)CNCc2cccc(C(F)(F)F)c2)c1. The maximum Gasteiger partial charge on any atom is 0.416 e. The summed E-state index contributed by atoms with van der Waals surface area (Å²) in [5.74, 6) is -1.09. The van der Waals surface area contributed by atoms with E-state index >= 15 is 0 Å². The van der Waals surface area contributed by atoms with Gasteiger partial charge in [-0.3, -0.25) is 14.4 Å². The molecule has 0 spiro atoms. The predicted octanol–water partition coefficient (Wildman–Crippen LogP) is 4.94. The quantitative estimate of drug-likeness (QED) is 0.287. The van der Waals surface area contributed by atoms with Gasteiger partial charge in [0.05, 0.1) is 18.2 Å². The first-order valence-electron chi connectivity index (χ1n) is 12.8. The second-order valence-corrected chi connectivity index (χ2v) is 9.16. The summed E-state index contributed by atoms with van der Waals surface area (Å²) in [6.07, 6.45) is -2.81. The smallest absolute Gasteiger partial charge is 0.352 e. The van der Waals surface area contributed by atoms with Crippen molar-refractivity contribution in [2.24, 2.45) is 0 Å². The minimum absolute atomic E-state index is 0.0595. The van der Waals surface area contributed by atoms with Crippen molar-refractivity contribution in [3.8, 4) is 0 Å². The molecule has 0 saturated carbocycles. The predicted molar refractivity (Wildman–Crippen MR) is 143 cm³/mol. The second kappa shape index (κ2) is 14.2. The van der Waals surface area contributed by atoms with Crippen LogP contribution >= 0.6 is 0 Å². The Labute approximate surface area is 226 Å². The van der Waals surface area contributed by atoms with E-state index in [2.05, 4.69) is 16.0 Å². The molecule has 0 aromatic heterocycles. The van der Waals surface area contributed by atoms with E-state index in [9.17, 15) is 27.6 Å². The molecule has 0 unspecified atom stereocenters. The molecule has 0 radical (unpaired) electrons. The van der Waals surface area contributed by atoms with Gasteiger partial charge in [0, 0.05) is 24.2 Å². The van der Waals surface area contributed by atoms with Crippen LogP contribution in [0.25, 0.3) is 0 Å². The van der Waals surface area contributed by atoms with Crippen LogP contribution in [0.15, 0.2) is 78.9 Å². The molecule has 206 valence electrons. The van der Waals surface area contributed by atoms with Crippen LogP contribution in [0.1, 0.15) is 57.2 Å². The summed E-state index contributed by atoms with van der Waals surface area (Å²) in [4.78, 5) is 38.5. The molecule has 3 aromatic carbocycles. The number of amides is 2. The van der Waals surface area contributed by atoms with Gasteiger partial charge in [0.1, 0.15) is 0 Å².